The molecule has 0 bridgehead atoms. The van der Waals surface area contributed by atoms with E-state index < -0.39 is 0 Å². The number of hydrogen-bond acceptors (Lipinski definition) is 4. The van der Waals surface area contributed by atoms with Crippen molar-refractivity contribution in [3.8, 4) is 0 Å². The summed E-state index contributed by atoms with van der Waals surface area (Å²) in [6, 6.07) is 0.248. The van der Waals surface area contributed by atoms with Crippen molar-refractivity contribution in [3.05, 3.63) is 16.1 Å². The molecule has 0 aliphatic carbocycles. The molecule has 1 rings (SSSR count). The average molecular weight is 241 g/mol. The second-order valence-corrected chi connectivity index (χ2v) is 6.26. The van der Waals surface area contributed by atoms with Crippen LogP contribution in [-0.2, 0) is 6.54 Å². The normalized spacial score (nSPS) is 14.1. The van der Waals surface area contributed by atoms with Crippen LogP contribution in [0.4, 0.5) is 0 Å². The molecular weight excluding hydrogens is 218 g/mol. The highest BCUT2D eigenvalue weighted by molar-refractivity contribution is 7.09. The standard InChI is InChI=1S/C12H23N3S/c1-9-8-16-11(15-9)7-14-6-5-10(13)12(2,3)4/h8,10,14H,5-7,13H2,1-4H3. The fourth-order valence-electron chi connectivity index (χ4n) is 1.37. The van der Waals surface area contributed by atoms with Gasteiger partial charge in [0.25, 0.3) is 0 Å². The van der Waals surface area contributed by atoms with Crippen molar-refractivity contribution in [1.29, 1.82) is 0 Å². The van der Waals surface area contributed by atoms with Crippen LogP contribution in [0.1, 0.15) is 37.9 Å². The minimum absolute atomic E-state index is 0.194. The fraction of sp³-hybridized carbons (Fsp3) is 0.750. The Morgan fingerprint density at radius 2 is 2.19 bits per heavy atom. The SMILES string of the molecule is Cc1csc(CNCCC(N)C(C)(C)C)n1. The first-order chi connectivity index (χ1) is 7.39. The molecular formula is C12H23N3S. The molecule has 16 heavy (non-hydrogen) atoms. The Bertz CT molecular complexity index is 314. The van der Waals surface area contributed by atoms with Crippen LogP contribution >= 0.6 is 11.3 Å². The molecule has 0 saturated heterocycles. The van der Waals surface area contributed by atoms with Gasteiger partial charge in [-0.05, 0) is 25.3 Å². The second kappa shape index (κ2) is 5.75. The number of aromatic nitrogens is 1. The van der Waals surface area contributed by atoms with Crippen LogP contribution in [0.2, 0.25) is 0 Å². The zero-order valence-corrected chi connectivity index (χ0v) is 11.5. The maximum atomic E-state index is 6.08. The molecule has 0 aliphatic rings. The minimum atomic E-state index is 0.194. The van der Waals surface area contributed by atoms with Gasteiger partial charge >= 0.3 is 0 Å². The van der Waals surface area contributed by atoms with Crippen molar-refractivity contribution in [2.24, 2.45) is 11.1 Å². The molecule has 3 N–H and O–H groups in total. The number of rotatable bonds is 5. The topological polar surface area (TPSA) is 50.9 Å². The molecule has 0 spiro atoms. The van der Waals surface area contributed by atoms with E-state index in [2.05, 4.69) is 36.5 Å². The van der Waals surface area contributed by atoms with Gasteiger partial charge in [-0.1, -0.05) is 20.8 Å². The van der Waals surface area contributed by atoms with Gasteiger partial charge in [0.1, 0.15) is 5.01 Å². The number of nitrogens with one attached hydrogen (secondary N) is 1. The van der Waals surface area contributed by atoms with Gasteiger partial charge in [0.15, 0.2) is 0 Å². The van der Waals surface area contributed by atoms with Crippen molar-refractivity contribution < 1.29 is 0 Å². The fourth-order valence-corrected chi connectivity index (χ4v) is 2.11. The molecule has 1 heterocycles. The summed E-state index contributed by atoms with van der Waals surface area (Å²) in [6.07, 6.45) is 1.01. The van der Waals surface area contributed by atoms with E-state index in [0.29, 0.717) is 0 Å². The average Bonchev–Trinajstić information content (AvgIpc) is 2.57. The maximum Gasteiger partial charge on any atom is 0.107 e. The third-order valence-electron chi connectivity index (χ3n) is 2.69. The molecule has 0 saturated carbocycles. The van der Waals surface area contributed by atoms with Crippen molar-refractivity contribution >= 4 is 11.3 Å². The quantitative estimate of drug-likeness (QED) is 0.778. The number of aryl methyl sites for hydroxylation is 1. The first-order valence-corrected chi connectivity index (χ1v) is 6.65. The zero-order chi connectivity index (χ0) is 12.2. The highest BCUT2D eigenvalue weighted by Gasteiger charge is 2.19. The van der Waals surface area contributed by atoms with Gasteiger partial charge in [-0.3, -0.25) is 0 Å². The number of nitrogens with zero attached hydrogens (tertiary/aromatic N) is 1. The van der Waals surface area contributed by atoms with E-state index >= 15 is 0 Å². The first kappa shape index (κ1) is 13.6. The molecule has 0 amide bonds. The lowest BCUT2D eigenvalue weighted by atomic mass is 9.85. The molecule has 92 valence electrons. The Balaban J connectivity index is 2.17. The summed E-state index contributed by atoms with van der Waals surface area (Å²) >= 11 is 1.71. The van der Waals surface area contributed by atoms with E-state index in [-0.39, 0.29) is 11.5 Å². The predicted molar refractivity (Wildman–Crippen MR) is 70.6 cm³/mol. The van der Waals surface area contributed by atoms with Crippen LogP contribution in [0.25, 0.3) is 0 Å². The lowest BCUT2D eigenvalue weighted by molar-refractivity contribution is 0.302. The van der Waals surface area contributed by atoms with Crippen LogP contribution in [0.15, 0.2) is 5.38 Å². The summed E-state index contributed by atoms with van der Waals surface area (Å²) in [6.45, 7) is 10.4. The van der Waals surface area contributed by atoms with E-state index in [0.717, 1.165) is 30.2 Å². The second-order valence-electron chi connectivity index (χ2n) is 5.32. The van der Waals surface area contributed by atoms with Crippen LogP contribution in [0, 0.1) is 12.3 Å². The smallest absolute Gasteiger partial charge is 0.107 e. The molecule has 1 aromatic heterocycles. The molecule has 1 unspecified atom stereocenters. The van der Waals surface area contributed by atoms with Gasteiger partial charge in [-0.2, -0.15) is 0 Å². The molecule has 0 aromatic carbocycles. The van der Waals surface area contributed by atoms with Gasteiger partial charge < -0.3 is 11.1 Å². The van der Waals surface area contributed by atoms with Crippen molar-refractivity contribution in [1.82, 2.24) is 10.3 Å². The zero-order valence-electron chi connectivity index (χ0n) is 10.7. The highest BCUT2D eigenvalue weighted by atomic mass is 32.1. The lowest BCUT2D eigenvalue weighted by Gasteiger charge is -2.26. The molecule has 3 nitrogen and oxygen atoms in total. The van der Waals surface area contributed by atoms with E-state index in [1.807, 2.05) is 6.92 Å². The molecule has 1 aromatic rings. The first-order valence-electron chi connectivity index (χ1n) is 5.77. The Labute approximate surface area is 102 Å². The lowest BCUT2D eigenvalue weighted by Crippen LogP contribution is -2.37. The third-order valence-corrected chi connectivity index (χ3v) is 3.65. The Morgan fingerprint density at radius 3 is 2.69 bits per heavy atom. The van der Waals surface area contributed by atoms with E-state index in [4.69, 9.17) is 5.73 Å². The van der Waals surface area contributed by atoms with Gasteiger partial charge in [0, 0.05) is 23.7 Å². The van der Waals surface area contributed by atoms with Crippen LogP contribution in [0.3, 0.4) is 0 Å². The van der Waals surface area contributed by atoms with Crippen LogP contribution < -0.4 is 11.1 Å². The molecule has 0 radical (unpaired) electrons. The minimum Gasteiger partial charge on any atom is -0.327 e. The maximum absolute atomic E-state index is 6.08. The highest BCUT2D eigenvalue weighted by Crippen LogP contribution is 2.19. The van der Waals surface area contributed by atoms with E-state index in [9.17, 15) is 0 Å². The summed E-state index contributed by atoms with van der Waals surface area (Å²) in [7, 11) is 0. The van der Waals surface area contributed by atoms with Crippen LogP contribution in [-0.4, -0.2) is 17.6 Å². The van der Waals surface area contributed by atoms with Gasteiger partial charge in [-0.15, -0.1) is 11.3 Å². The predicted octanol–water partition coefficient (Wildman–Crippen LogP) is 2.30. The monoisotopic (exact) mass is 241 g/mol. The van der Waals surface area contributed by atoms with Gasteiger partial charge in [0.2, 0.25) is 0 Å². The summed E-state index contributed by atoms with van der Waals surface area (Å²) in [5.41, 5.74) is 7.38. The third kappa shape index (κ3) is 4.60. The van der Waals surface area contributed by atoms with Crippen molar-refractivity contribution in [3.63, 3.8) is 0 Å². The Morgan fingerprint density at radius 1 is 1.50 bits per heavy atom. The Kier molecular flexibility index (Phi) is 4.89. The van der Waals surface area contributed by atoms with Crippen molar-refractivity contribution in [2.75, 3.05) is 6.54 Å². The van der Waals surface area contributed by atoms with Gasteiger partial charge in [0.05, 0.1) is 0 Å². The molecule has 0 fully saturated rings. The number of hydrogen-bond donors (Lipinski definition) is 2. The van der Waals surface area contributed by atoms with Crippen molar-refractivity contribution in [2.45, 2.75) is 46.7 Å². The molecule has 0 aliphatic heterocycles. The number of nitrogens with two attached hydrogens (primary N) is 1. The molecule has 4 heteroatoms. The molecule has 1 atom stereocenters. The summed E-state index contributed by atoms with van der Waals surface area (Å²) in [5, 5.41) is 6.62. The van der Waals surface area contributed by atoms with E-state index in [1.165, 1.54) is 0 Å². The summed E-state index contributed by atoms with van der Waals surface area (Å²) in [4.78, 5) is 4.40. The summed E-state index contributed by atoms with van der Waals surface area (Å²) in [5.74, 6) is 0. The van der Waals surface area contributed by atoms with Crippen LogP contribution in [0.5, 0.6) is 0 Å². The van der Waals surface area contributed by atoms with E-state index in [1.54, 1.807) is 11.3 Å². The Hall–Kier alpha value is -0.450. The van der Waals surface area contributed by atoms with Gasteiger partial charge in [-0.25, -0.2) is 4.98 Å². The largest absolute Gasteiger partial charge is 0.327 e. The summed E-state index contributed by atoms with van der Waals surface area (Å²) < 4.78 is 0. The number of thiazole rings is 1.